The molecule has 0 saturated heterocycles. The summed E-state index contributed by atoms with van der Waals surface area (Å²) < 4.78 is 0. The first-order valence-electron chi connectivity index (χ1n) is 10.6. The predicted octanol–water partition coefficient (Wildman–Crippen LogP) is 8.95. The Labute approximate surface area is 204 Å². The monoisotopic (exact) mass is 472 g/mol. The molecule has 3 aromatic carbocycles. The summed E-state index contributed by atoms with van der Waals surface area (Å²) in [6.07, 6.45) is 3.87. The first-order valence-corrected chi connectivity index (χ1v) is 10.6. The number of hydrogen-bond acceptors (Lipinski definition) is 1. The van der Waals surface area contributed by atoms with Gasteiger partial charge in [-0.2, -0.15) is 5.70 Å². The van der Waals surface area contributed by atoms with E-state index in [0.717, 1.165) is 22.8 Å². The molecule has 3 heteroatoms. The summed E-state index contributed by atoms with van der Waals surface area (Å²) in [4.78, 5) is 4.76. The van der Waals surface area contributed by atoms with Gasteiger partial charge in [-0.25, -0.2) is 0 Å². The van der Waals surface area contributed by atoms with Crippen LogP contribution >= 0.6 is 0 Å². The standard InChI is InChI=1S/C21H25N2.C8H8.Cu/c1-14-9-7-10-15(2)20(14)22-18(5)13-19(6)23-21-16(3)11-8-12-17(21)4;1-2-8-6-4-3-5-7-8;/h7-13H,1-6H3;2-7H,1H2;/q-1;;+1/b18-13-,23-19?;;. The minimum absolute atomic E-state index is 0. The van der Waals surface area contributed by atoms with E-state index in [-0.39, 0.29) is 17.1 Å². The average Bonchev–Trinajstić information content (AvgIpc) is 2.74. The SMILES string of the molecule is C=Cc1ccccc1.CC(/C=C(/C)[N-]c1c(C)cccc1C)=Nc1c(C)cccc1C.[Cu+]. The number of hydrogen-bond donors (Lipinski definition) is 0. The minimum atomic E-state index is 0. The van der Waals surface area contributed by atoms with Crippen molar-refractivity contribution in [3.05, 3.63) is 118 Å². The van der Waals surface area contributed by atoms with Crippen molar-refractivity contribution in [2.45, 2.75) is 41.5 Å². The summed E-state index contributed by atoms with van der Waals surface area (Å²) in [6.45, 7) is 16.1. The largest absolute Gasteiger partial charge is 1.00 e. The van der Waals surface area contributed by atoms with Crippen molar-refractivity contribution in [2.24, 2.45) is 4.99 Å². The fourth-order valence-corrected chi connectivity index (χ4v) is 3.27. The van der Waals surface area contributed by atoms with E-state index in [2.05, 4.69) is 70.7 Å². The molecule has 0 saturated carbocycles. The zero-order chi connectivity index (χ0) is 22.8. The van der Waals surface area contributed by atoms with Gasteiger partial charge in [0.15, 0.2) is 0 Å². The Kier molecular flexibility index (Phi) is 11.5. The molecule has 2 nitrogen and oxygen atoms in total. The molecule has 170 valence electrons. The summed E-state index contributed by atoms with van der Waals surface area (Å²) in [5.74, 6) is 0. The van der Waals surface area contributed by atoms with Crippen molar-refractivity contribution < 1.29 is 17.1 Å². The van der Waals surface area contributed by atoms with Gasteiger partial charge in [0.2, 0.25) is 0 Å². The van der Waals surface area contributed by atoms with E-state index in [1.165, 1.54) is 27.8 Å². The Morgan fingerprint density at radius 1 is 0.750 bits per heavy atom. The van der Waals surface area contributed by atoms with Gasteiger partial charge >= 0.3 is 17.1 Å². The van der Waals surface area contributed by atoms with Crippen LogP contribution in [0.3, 0.4) is 0 Å². The smallest absolute Gasteiger partial charge is 0.661 e. The van der Waals surface area contributed by atoms with Gasteiger partial charge in [-0.1, -0.05) is 104 Å². The van der Waals surface area contributed by atoms with E-state index in [4.69, 9.17) is 10.3 Å². The summed E-state index contributed by atoms with van der Waals surface area (Å²) in [5, 5.41) is 4.76. The van der Waals surface area contributed by atoms with Crippen LogP contribution in [0, 0.1) is 27.7 Å². The zero-order valence-electron chi connectivity index (χ0n) is 19.9. The van der Waals surface area contributed by atoms with E-state index < -0.39 is 0 Å². The van der Waals surface area contributed by atoms with Crippen LogP contribution in [0.4, 0.5) is 11.4 Å². The Balaban J connectivity index is 0.000000480. The molecule has 0 unspecified atom stereocenters. The fourth-order valence-electron chi connectivity index (χ4n) is 3.27. The molecule has 0 aliphatic carbocycles. The van der Waals surface area contributed by atoms with E-state index >= 15 is 0 Å². The average molecular weight is 473 g/mol. The van der Waals surface area contributed by atoms with Gasteiger partial charge in [0.1, 0.15) is 0 Å². The molecule has 0 atom stereocenters. The number of rotatable bonds is 5. The molecule has 0 bridgehead atoms. The quantitative estimate of drug-likeness (QED) is 0.261. The number of nitrogens with zero attached hydrogens (tertiary/aromatic N) is 2. The first-order chi connectivity index (χ1) is 14.8. The second kappa shape index (κ2) is 13.5. The molecule has 0 fully saturated rings. The molecule has 0 amide bonds. The van der Waals surface area contributed by atoms with Crippen LogP contribution in [0.5, 0.6) is 0 Å². The summed E-state index contributed by atoms with van der Waals surface area (Å²) in [5.41, 5.74) is 10.0. The molecule has 3 aromatic rings. The van der Waals surface area contributed by atoms with Gasteiger partial charge in [-0.15, -0.1) is 5.69 Å². The Hall–Kier alpha value is -2.87. The summed E-state index contributed by atoms with van der Waals surface area (Å²) in [6, 6.07) is 22.5. The van der Waals surface area contributed by atoms with Crippen LogP contribution in [-0.4, -0.2) is 5.71 Å². The van der Waals surface area contributed by atoms with E-state index in [0.29, 0.717) is 0 Å². The van der Waals surface area contributed by atoms with Gasteiger partial charge in [-0.05, 0) is 51.3 Å². The van der Waals surface area contributed by atoms with Crippen molar-refractivity contribution in [3.63, 3.8) is 0 Å². The number of allylic oxidation sites excluding steroid dienone is 2. The van der Waals surface area contributed by atoms with Gasteiger partial charge in [-0.3, -0.25) is 4.99 Å². The molecular formula is C29H33CuN2. The maximum Gasteiger partial charge on any atom is 1.00 e. The van der Waals surface area contributed by atoms with Crippen LogP contribution in [-0.2, 0) is 17.1 Å². The Bertz CT molecular complexity index is 1040. The molecule has 32 heavy (non-hydrogen) atoms. The molecule has 3 rings (SSSR count). The molecular weight excluding hydrogens is 440 g/mol. The number of aliphatic imine (C=N–C) groups is 1. The Morgan fingerprint density at radius 2 is 1.25 bits per heavy atom. The topological polar surface area (TPSA) is 26.5 Å². The van der Waals surface area contributed by atoms with Crippen molar-refractivity contribution in [1.29, 1.82) is 0 Å². The van der Waals surface area contributed by atoms with Crippen molar-refractivity contribution in [3.8, 4) is 0 Å². The van der Waals surface area contributed by atoms with Crippen molar-refractivity contribution in [2.75, 3.05) is 0 Å². The van der Waals surface area contributed by atoms with E-state index in [1.54, 1.807) is 0 Å². The van der Waals surface area contributed by atoms with Gasteiger partial charge < -0.3 is 5.32 Å². The van der Waals surface area contributed by atoms with Gasteiger partial charge in [0.05, 0.1) is 5.69 Å². The van der Waals surface area contributed by atoms with Gasteiger partial charge in [0.25, 0.3) is 0 Å². The maximum atomic E-state index is 4.76. The molecule has 0 aliphatic rings. The predicted molar refractivity (Wildman–Crippen MR) is 138 cm³/mol. The van der Waals surface area contributed by atoms with E-state index in [1.807, 2.05) is 56.3 Å². The third-order valence-corrected chi connectivity index (χ3v) is 4.91. The number of aryl methyl sites for hydroxylation is 4. The number of para-hydroxylation sites is 2. The summed E-state index contributed by atoms with van der Waals surface area (Å²) >= 11 is 0. The van der Waals surface area contributed by atoms with Crippen LogP contribution in [0.1, 0.15) is 41.7 Å². The normalized spacial score (nSPS) is 11.1. The fraction of sp³-hybridized carbons (Fsp3) is 0.207. The molecule has 0 spiro atoms. The molecule has 0 heterocycles. The van der Waals surface area contributed by atoms with Crippen molar-refractivity contribution in [1.82, 2.24) is 0 Å². The molecule has 0 radical (unpaired) electrons. The molecule has 0 N–H and O–H groups in total. The third kappa shape index (κ3) is 8.34. The number of benzene rings is 3. The Morgan fingerprint density at radius 3 is 1.72 bits per heavy atom. The van der Waals surface area contributed by atoms with Crippen LogP contribution in [0.25, 0.3) is 11.4 Å². The van der Waals surface area contributed by atoms with Crippen molar-refractivity contribution >= 4 is 23.2 Å². The first kappa shape index (κ1) is 27.2. The van der Waals surface area contributed by atoms with E-state index in [9.17, 15) is 0 Å². The molecule has 0 aliphatic heterocycles. The second-order valence-corrected chi connectivity index (χ2v) is 7.75. The maximum absolute atomic E-state index is 4.76. The second-order valence-electron chi connectivity index (χ2n) is 7.75. The summed E-state index contributed by atoms with van der Waals surface area (Å²) in [7, 11) is 0. The minimum Gasteiger partial charge on any atom is -0.661 e. The van der Waals surface area contributed by atoms with Crippen LogP contribution in [0.2, 0.25) is 0 Å². The molecule has 0 aromatic heterocycles. The van der Waals surface area contributed by atoms with Gasteiger partial charge in [0, 0.05) is 5.71 Å². The third-order valence-electron chi connectivity index (χ3n) is 4.91. The van der Waals surface area contributed by atoms with Crippen LogP contribution in [0.15, 0.2) is 90.1 Å². The zero-order valence-corrected chi connectivity index (χ0v) is 20.9. The van der Waals surface area contributed by atoms with Crippen LogP contribution < -0.4 is 0 Å².